The molecule has 0 amide bonds. The van der Waals surface area contributed by atoms with E-state index in [1.165, 1.54) is 85.1 Å². The van der Waals surface area contributed by atoms with Gasteiger partial charge in [0, 0.05) is 46.9 Å². The van der Waals surface area contributed by atoms with E-state index in [1.54, 1.807) is 0 Å². The van der Waals surface area contributed by atoms with Gasteiger partial charge in [-0.1, -0.05) is 146 Å². The number of nitrogens with zero attached hydrogens (tertiary/aromatic N) is 1. The molecule has 51 heavy (non-hydrogen) atoms. The van der Waals surface area contributed by atoms with Crippen molar-refractivity contribution in [2.24, 2.45) is 0 Å². The van der Waals surface area contributed by atoms with Crippen LogP contribution in [-0.4, -0.2) is 0 Å². The predicted molar refractivity (Wildman–Crippen MR) is 223 cm³/mol. The van der Waals surface area contributed by atoms with Crippen LogP contribution >= 0.6 is 22.7 Å². The molecule has 2 heterocycles. The lowest BCUT2D eigenvalue weighted by molar-refractivity contribution is 1.32. The third kappa shape index (κ3) is 5.13. The maximum Gasteiger partial charge on any atom is 0.0718 e. The topological polar surface area (TPSA) is 3.24 Å². The first-order valence-electron chi connectivity index (χ1n) is 17.3. The third-order valence-corrected chi connectivity index (χ3v) is 12.2. The second kappa shape index (κ2) is 12.4. The molecule has 0 aliphatic carbocycles. The fraction of sp³-hybridized carbons (Fsp3) is 0. The van der Waals surface area contributed by atoms with Crippen molar-refractivity contribution in [3.05, 3.63) is 188 Å². The van der Waals surface area contributed by atoms with Gasteiger partial charge in [-0.05, 0) is 70.3 Å². The van der Waals surface area contributed by atoms with E-state index in [-0.39, 0.29) is 0 Å². The van der Waals surface area contributed by atoms with Crippen molar-refractivity contribution in [3.8, 4) is 33.4 Å². The molecule has 2 aromatic heterocycles. The van der Waals surface area contributed by atoms with Gasteiger partial charge in [0.1, 0.15) is 0 Å². The summed E-state index contributed by atoms with van der Waals surface area (Å²) in [5.41, 5.74) is 10.7. The molecule has 0 N–H and O–H groups in total. The van der Waals surface area contributed by atoms with Crippen molar-refractivity contribution in [1.82, 2.24) is 0 Å². The summed E-state index contributed by atoms with van der Waals surface area (Å²) in [6, 6.07) is 68.7. The number of fused-ring (bicyclic) bond motifs is 6. The predicted octanol–water partition coefficient (Wildman–Crippen LogP) is 14.9. The highest BCUT2D eigenvalue weighted by molar-refractivity contribution is 7.26. The van der Waals surface area contributed by atoms with Crippen LogP contribution in [-0.2, 0) is 0 Å². The smallest absolute Gasteiger partial charge is 0.0718 e. The second-order valence-electron chi connectivity index (χ2n) is 12.9. The molecule has 10 rings (SSSR count). The quantitative estimate of drug-likeness (QED) is 0.168. The van der Waals surface area contributed by atoms with E-state index in [0.29, 0.717) is 0 Å². The van der Waals surface area contributed by atoms with Gasteiger partial charge in [0.05, 0.1) is 16.1 Å². The van der Waals surface area contributed by atoms with Crippen molar-refractivity contribution in [3.63, 3.8) is 0 Å². The molecule has 0 unspecified atom stereocenters. The molecule has 3 heteroatoms. The van der Waals surface area contributed by atoms with Crippen molar-refractivity contribution in [2.75, 3.05) is 4.90 Å². The van der Waals surface area contributed by atoms with Crippen LogP contribution in [0.1, 0.15) is 0 Å². The van der Waals surface area contributed by atoms with Crippen LogP contribution in [0.15, 0.2) is 188 Å². The van der Waals surface area contributed by atoms with Crippen LogP contribution in [0.2, 0.25) is 0 Å². The molecule has 0 fully saturated rings. The number of thiophene rings is 2. The number of hydrogen-bond donors (Lipinski definition) is 0. The van der Waals surface area contributed by atoms with E-state index in [9.17, 15) is 0 Å². The van der Waals surface area contributed by atoms with Crippen LogP contribution in [0.3, 0.4) is 0 Å². The lowest BCUT2D eigenvalue weighted by Crippen LogP contribution is -2.12. The van der Waals surface area contributed by atoms with E-state index in [2.05, 4.69) is 193 Å². The van der Waals surface area contributed by atoms with Crippen molar-refractivity contribution >= 4 is 80.1 Å². The summed E-state index contributed by atoms with van der Waals surface area (Å²) in [5, 5.41) is 5.13. The van der Waals surface area contributed by atoms with Gasteiger partial charge >= 0.3 is 0 Å². The summed E-state index contributed by atoms with van der Waals surface area (Å²) >= 11 is 3.76. The number of benzene rings is 8. The monoisotopic (exact) mass is 685 g/mol. The van der Waals surface area contributed by atoms with Crippen LogP contribution in [0.25, 0.3) is 73.7 Å². The summed E-state index contributed by atoms with van der Waals surface area (Å²) in [4.78, 5) is 2.57. The average Bonchev–Trinajstić information content (AvgIpc) is 3.78. The minimum absolute atomic E-state index is 1.13. The highest BCUT2D eigenvalue weighted by Gasteiger charge is 2.26. The molecule has 0 saturated carbocycles. The molecule has 0 aliphatic rings. The van der Waals surface area contributed by atoms with E-state index < -0.39 is 0 Å². The Morgan fingerprint density at radius 3 is 1.57 bits per heavy atom. The Morgan fingerprint density at radius 2 is 0.902 bits per heavy atom. The van der Waals surface area contributed by atoms with Crippen LogP contribution in [0.5, 0.6) is 0 Å². The Labute approximate surface area is 304 Å². The molecule has 0 spiro atoms. The molecular formula is C48H31NS2. The first-order valence-corrected chi connectivity index (χ1v) is 18.9. The summed E-state index contributed by atoms with van der Waals surface area (Å²) < 4.78 is 5.15. The van der Waals surface area contributed by atoms with E-state index >= 15 is 0 Å². The Hall–Kier alpha value is -6.00. The van der Waals surface area contributed by atoms with Gasteiger partial charge in [-0.15, -0.1) is 22.7 Å². The van der Waals surface area contributed by atoms with Crippen molar-refractivity contribution in [1.29, 1.82) is 0 Å². The van der Waals surface area contributed by atoms with Gasteiger partial charge in [0.25, 0.3) is 0 Å². The zero-order chi connectivity index (χ0) is 33.7. The van der Waals surface area contributed by atoms with Gasteiger partial charge in [0.15, 0.2) is 0 Å². The molecule has 0 saturated heterocycles. The maximum absolute atomic E-state index is 2.57. The van der Waals surface area contributed by atoms with E-state index in [4.69, 9.17) is 0 Å². The molecule has 240 valence electrons. The summed E-state index contributed by atoms with van der Waals surface area (Å²) in [5.74, 6) is 0. The second-order valence-corrected chi connectivity index (χ2v) is 15.0. The van der Waals surface area contributed by atoms with E-state index in [1.807, 2.05) is 22.7 Å². The summed E-state index contributed by atoms with van der Waals surface area (Å²) in [7, 11) is 0. The lowest BCUT2D eigenvalue weighted by Gasteiger charge is -2.30. The van der Waals surface area contributed by atoms with Crippen molar-refractivity contribution in [2.45, 2.75) is 0 Å². The minimum atomic E-state index is 1.13. The molecule has 0 radical (unpaired) electrons. The highest BCUT2D eigenvalue weighted by atomic mass is 32.1. The molecule has 0 aliphatic heterocycles. The SMILES string of the molecule is c1ccc(-c2cc(-c3ccccc3)cc(N(c3c(-c4ccccc4)ccc4c3sc3ccccc34)c3cccc4sc5ccccc5c34)c2)cc1. The van der Waals surface area contributed by atoms with Crippen molar-refractivity contribution < 1.29 is 0 Å². The van der Waals surface area contributed by atoms with Gasteiger partial charge < -0.3 is 4.90 Å². The van der Waals surface area contributed by atoms with Gasteiger partial charge in [-0.3, -0.25) is 0 Å². The Morgan fingerprint density at radius 1 is 0.353 bits per heavy atom. The summed E-state index contributed by atoms with van der Waals surface area (Å²) in [6.45, 7) is 0. The van der Waals surface area contributed by atoms with Crippen LogP contribution in [0, 0.1) is 0 Å². The minimum Gasteiger partial charge on any atom is -0.308 e. The molecule has 0 bridgehead atoms. The molecule has 10 aromatic rings. The van der Waals surface area contributed by atoms with Gasteiger partial charge in [-0.25, -0.2) is 0 Å². The highest BCUT2D eigenvalue weighted by Crippen LogP contribution is 2.53. The largest absolute Gasteiger partial charge is 0.308 e. The lowest BCUT2D eigenvalue weighted by atomic mass is 9.95. The Bertz CT molecular complexity index is 2790. The molecule has 1 nitrogen and oxygen atoms in total. The zero-order valence-corrected chi connectivity index (χ0v) is 29.3. The third-order valence-electron chi connectivity index (χ3n) is 9.84. The standard InChI is InChI=1S/C48H31NS2/c1-4-15-32(16-5-1)35-29-36(33-17-6-2-7-18-33)31-37(30-35)49(42-23-14-26-45-46(42)41-22-11-13-25-44(41)50-45)47-38(34-19-8-3-9-20-34)27-28-40-39-21-10-12-24-43(39)51-48(40)47/h1-31H. The molecule has 0 atom stereocenters. The van der Waals surface area contributed by atoms with Crippen LogP contribution in [0.4, 0.5) is 17.1 Å². The number of hydrogen-bond acceptors (Lipinski definition) is 3. The van der Waals surface area contributed by atoms with Gasteiger partial charge in [-0.2, -0.15) is 0 Å². The zero-order valence-electron chi connectivity index (χ0n) is 27.7. The summed E-state index contributed by atoms with van der Waals surface area (Å²) in [6.07, 6.45) is 0. The number of anilines is 3. The fourth-order valence-corrected chi connectivity index (χ4v) is 9.88. The number of rotatable bonds is 6. The fourth-order valence-electron chi connectivity index (χ4n) is 7.51. The van der Waals surface area contributed by atoms with E-state index in [0.717, 1.165) is 5.69 Å². The molecule has 8 aromatic carbocycles. The first kappa shape index (κ1) is 29.9. The van der Waals surface area contributed by atoms with Crippen LogP contribution < -0.4 is 4.90 Å². The Kier molecular flexibility index (Phi) is 7.26. The maximum atomic E-state index is 2.57. The normalized spacial score (nSPS) is 11.5. The first-order chi connectivity index (χ1) is 25.3. The Balaban J connectivity index is 1.38. The molecular weight excluding hydrogens is 655 g/mol. The average molecular weight is 686 g/mol. The van der Waals surface area contributed by atoms with Gasteiger partial charge in [0.2, 0.25) is 0 Å².